The molecule has 0 spiro atoms. The van der Waals surface area contributed by atoms with E-state index in [9.17, 15) is 4.79 Å². The molecular weight excluding hydrogens is 146 g/mol. The van der Waals surface area contributed by atoms with Crippen molar-refractivity contribution in [3.63, 3.8) is 0 Å². The standard InChI is InChI=1S/C7H11NOS/c1-4-5(2)10-6(9)7(4,3)8/h8H2,1-3H3. The molecule has 0 saturated carbocycles. The van der Waals surface area contributed by atoms with Gasteiger partial charge in [0.2, 0.25) is 5.12 Å². The van der Waals surface area contributed by atoms with Gasteiger partial charge in [-0.15, -0.1) is 0 Å². The van der Waals surface area contributed by atoms with Crippen molar-refractivity contribution in [1.82, 2.24) is 0 Å². The van der Waals surface area contributed by atoms with Gasteiger partial charge in [-0.25, -0.2) is 0 Å². The summed E-state index contributed by atoms with van der Waals surface area (Å²) < 4.78 is 0. The molecular formula is C7H11NOS. The number of rotatable bonds is 0. The Hall–Kier alpha value is -0.280. The number of carbonyl (C=O) groups is 1. The molecule has 56 valence electrons. The first kappa shape index (κ1) is 7.82. The quantitative estimate of drug-likeness (QED) is 0.576. The van der Waals surface area contributed by atoms with Gasteiger partial charge in [-0.2, -0.15) is 0 Å². The summed E-state index contributed by atoms with van der Waals surface area (Å²) in [5.41, 5.74) is 6.02. The van der Waals surface area contributed by atoms with Crippen LogP contribution in [0.25, 0.3) is 0 Å². The highest BCUT2D eigenvalue weighted by Crippen LogP contribution is 2.37. The molecule has 1 aliphatic rings. The Morgan fingerprint density at radius 3 is 2.10 bits per heavy atom. The molecule has 0 bridgehead atoms. The van der Waals surface area contributed by atoms with Crippen LogP contribution in [-0.2, 0) is 4.79 Å². The first-order valence-corrected chi connectivity index (χ1v) is 3.97. The number of thioether (sulfide) groups is 1. The molecule has 2 nitrogen and oxygen atoms in total. The Bertz CT molecular complexity index is 218. The lowest BCUT2D eigenvalue weighted by atomic mass is 9.96. The maximum absolute atomic E-state index is 11.1. The van der Waals surface area contributed by atoms with Crippen LogP contribution < -0.4 is 5.73 Å². The number of hydrogen-bond donors (Lipinski definition) is 1. The highest BCUT2D eigenvalue weighted by molar-refractivity contribution is 8.17. The molecule has 1 atom stereocenters. The van der Waals surface area contributed by atoms with Crippen molar-refractivity contribution >= 4 is 16.9 Å². The van der Waals surface area contributed by atoms with E-state index in [-0.39, 0.29) is 5.12 Å². The number of carbonyl (C=O) groups excluding carboxylic acids is 1. The average Bonchev–Trinajstić information content (AvgIpc) is 1.97. The number of allylic oxidation sites excluding steroid dienone is 1. The van der Waals surface area contributed by atoms with E-state index in [1.807, 2.05) is 13.8 Å². The lowest BCUT2D eigenvalue weighted by Gasteiger charge is -2.15. The fourth-order valence-electron chi connectivity index (χ4n) is 0.840. The van der Waals surface area contributed by atoms with Crippen LogP contribution in [-0.4, -0.2) is 10.7 Å². The number of nitrogens with two attached hydrogens (primary N) is 1. The molecule has 3 heteroatoms. The normalized spacial score (nSPS) is 33.8. The summed E-state index contributed by atoms with van der Waals surface area (Å²) in [7, 11) is 0. The molecule has 1 aliphatic heterocycles. The highest BCUT2D eigenvalue weighted by Gasteiger charge is 2.37. The monoisotopic (exact) mass is 157 g/mol. The van der Waals surface area contributed by atoms with Gasteiger partial charge in [0.25, 0.3) is 0 Å². The SMILES string of the molecule is CC1=C(C)C(C)(N)C(=O)S1. The molecule has 1 rings (SSSR count). The Kier molecular flexibility index (Phi) is 1.65. The molecule has 0 fully saturated rings. The lowest BCUT2D eigenvalue weighted by Crippen LogP contribution is -2.41. The van der Waals surface area contributed by atoms with E-state index in [1.54, 1.807) is 6.92 Å². The molecule has 0 aliphatic carbocycles. The molecule has 0 amide bonds. The van der Waals surface area contributed by atoms with Crippen LogP contribution in [0.4, 0.5) is 0 Å². The van der Waals surface area contributed by atoms with E-state index < -0.39 is 5.54 Å². The van der Waals surface area contributed by atoms with Gasteiger partial charge in [-0.1, -0.05) is 11.8 Å². The maximum atomic E-state index is 11.1. The van der Waals surface area contributed by atoms with Gasteiger partial charge in [0.15, 0.2) is 0 Å². The summed E-state index contributed by atoms with van der Waals surface area (Å²) in [6.07, 6.45) is 0. The first-order valence-electron chi connectivity index (χ1n) is 3.15. The van der Waals surface area contributed by atoms with Crippen LogP contribution in [0.5, 0.6) is 0 Å². The van der Waals surface area contributed by atoms with Crippen LogP contribution in [0.3, 0.4) is 0 Å². The Balaban J connectivity index is 3.06. The van der Waals surface area contributed by atoms with Crippen LogP contribution in [0, 0.1) is 0 Å². The van der Waals surface area contributed by atoms with Gasteiger partial charge < -0.3 is 5.73 Å². The van der Waals surface area contributed by atoms with Crippen molar-refractivity contribution in [3.8, 4) is 0 Å². The van der Waals surface area contributed by atoms with Gasteiger partial charge in [-0.3, -0.25) is 4.79 Å². The third kappa shape index (κ3) is 0.896. The molecule has 0 radical (unpaired) electrons. The van der Waals surface area contributed by atoms with Crippen molar-refractivity contribution in [2.45, 2.75) is 26.3 Å². The largest absolute Gasteiger partial charge is 0.315 e. The lowest BCUT2D eigenvalue weighted by molar-refractivity contribution is -0.113. The molecule has 10 heavy (non-hydrogen) atoms. The molecule has 1 unspecified atom stereocenters. The second kappa shape index (κ2) is 2.10. The van der Waals surface area contributed by atoms with Crippen molar-refractivity contribution in [2.24, 2.45) is 5.73 Å². The zero-order valence-electron chi connectivity index (χ0n) is 6.39. The Morgan fingerprint density at radius 1 is 1.50 bits per heavy atom. The molecule has 1 heterocycles. The van der Waals surface area contributed by atoms with E-state index in [4.69, 9.17) is 5.73 Å². The van der Waals surface area contributed by atoms with Gasteiger partial charge in [0.1, 0.15) is 5.54 Å². The summed E-state index contributed by atoms with van der Waals surface area (Å²) in [6, 6.07) is 0. The Morgan fingerprint density at radius 2 is 2.00 bits per heavy atom. The highest BCUT2D eigenvalue weighted by atomic mass is 32.2. The fraction of sp³-hybridized carbons (Fsp3) is 0.571. The molecule has 0 aromatic carbocycles. The second-order valence-electron chi connectivity index (χ2n) is 2.77. The van der Waals surface area contributed by atoms with Crippen LogP contribution in [0.1, 0.15) is 20.8 Å². The smallest absolute Gasteiger partial charge is 0.217 e. The van der Waals surface area contributed by atoms with Crippen molar-refractivity contribution < 1.29 is 4.79 Å². The molecule has 0 saturated heterocycles. The minimum atomic E-state index is -0.714. The Labute approximate surface area is 64.9 Å². The zero-order chi connectivity index (χ0) is 7.94. The number of hydrogen-bond acceptors (Lipinski definition) is 3. The average molecular weight is 157 g/mol. The van der Waals surface area contributed by atoms with Crippen molar-refractivity contribution in [3.05, 3.63) is 10.5 Å². The summed E-state index contributed by atoms with van der Waals surface area (Å²) in [4.78, 5) is 12.2. The maximum Gasteiger partial charge on any atom is 0.217 e. The second-order valence-corrected chi connectivity index (χ2v) is 3.96. The predicted molar refractivity (Wildman–Crippen MR) is 43.6 cm³/mol. The van der Waals surface area contributed by atoms with Gasteiger partial charge in [-0.05, 0) is 31.2 Å². The molecule has 0 aromatic rings. The van der Waals surface area contributed by atoms with Crippen LogP contribution >= 0.6 is 11.8 Å². The van der Waals surface area contributed by atoms with E-state index >= 15 is 0 Å². The minimum absolute atomic E-state index is 0.0579. The van der Waals surface area contributed by atoms with E-state index in [0.29, 0.717) is 0 Å². The third-order valence-corrected chi connectivity index (χ3v) is 3.20. The van der Waals surface area contributed by atoms with Gasteiger partial charge in [0.05, 0.1) is 0 Å². The summed E-state index contributed by atoms with van der Waals surface area (Å²) in [5.74, 6) is 0. The zero-order valence-corrected chi connectivity index (χ0v) is 7.21. The van der Waals surface area contributed by atoms with Gasteiger partial charge in [0, 0.05) is 0 Å². The third-order valence-electron chi connectivity index (χ3n) is 1.98. The summed E-state index contributed by atoms with van der Waals surface area (Å²) in [5, 5.41) is 0.0579. The van der Waals surface area contributed by atoms with E-state index in [0.717, 1.165) is 10.5 Å². The van der Waals surface area contributed by atoms with Crippen LogP contribution in [0.15, 0.2) is 10.5 Å². The topological polar surface area (TPSA) is 43.1 Å². The predicted octanol–water partition coefficient (Wildman–Crippen LogP) is 1.27. The summed E-state index contributed by atoms with van der Waals surface area (Å²) >= 11 is 1.25. The van der Waals surface area contributed by atoms with Crippen LogP contribution in [0.2, 0.25) is 0 Å². The van der Waals surface area contributed by atoms with Crippen molar-refractivity contribution in [1.29, 1.82) is 0 Å². The van der Waals surface area contributed by atoms with E-state index in [2.05, 4.69) is 0 Å². The van der Waals surface area contributed by atoms with Gasteiger partial charge >= 0.3 is 0 Å². The molecule has 0 aromatic heterocycles. The molecule has 2 N–H and O–H groups in total. The van der Waals surface area contributed by atoms with E-state index in [1.165, 1.54) is 11.8 Å². The minimum Gasteiger partial charge on any atom is -0.315 e. The van der Waals surface area contributed by atoms with Crippen molar-refractivity contribution in [2.75, 3.05) is 0 Å². The fourth-order valence-corrected chi connectivity index (χ4v) is 1.85. The summed E-state index contributed by atoms with van der Waals surface area (Å²) in [6.45, 7) is 5.59. The first-order chi connectivity index (χ1) is 4.46.